The molecule has 1 atom stereocenters. The van der Waals surface area contributed by atoms with Crippen LogP contribution in [0.4, 0.5) is 0 Å². The summed E-state index contributed by atoms with van der Waals surface area (Å²) < 4.78 is 5.62. The maximum absolute atomic E-state index is 12.8. The second kappa shape index (κ2) is 6.90. The highest BCUT2D eigenvalue weighted by molar-refractivity contribution is 6.35. The smallest absolute Gasteiger partial charge is 0.289 e. The minimum atomic E-state index is -0.402. The molecule has 1 amide bonds. The standard InChI is InChI=1S/C19H15Cl2NO3/c1-11(13-8-7-12(20)9-15(13)21)22(2)19(24)18-10-16(23)14-5-3-4-6-17(14)25-18/h3-11H,1-2H3/t11-/m0/s1. The molecule has 0 aliphatic carbocycles. The van der Waals surface area contributed by atoms with Gasteiger partial charge in [0.15, 0.2) is 11.2 Å². The normalized spacial score (nSPS) is 12.2. The van der Waals surface area contributed by atoms with Gasteiger partial charge in [0.25, 0.3) is 5.91 Å². The van der Waals surface area contributed by atoms with Crippen molar-refractivity contribution in [3.63, 3.8) is 0 Å². The number of fused-ring (bicyclic) bond motifs is 1. The highest BCUT2D eigenvalue weighted by Crippen LogP contribution is 2.29. The van der Waals surface area contributed by atoms with Crippen molar-refractivity contribution in [2.24, 2.45) is 0 Å². The molecule has 128 valence electrons. The first-order valence-electron chi connectivity index (χ1n) is 7.63. The summed E-state index contributed by atoms with van der Waals surface area (Å²) >= 11 is 12.1. The number of halogens is 2. The monoisotopic (exact) mass is 375 g/mol. The molecule has 1 heterocycles. The molecule has 0 spiro atoms. The van der Waals surface area contributed by atoms with Crippen molar-refractivity contribution in [2.75, 3.05) is 7.05 Å². The number of benzene rings is 2. The highest BCUT2D eigenvalue weighted by Gasteiger charge is 2.23. The lowest BCUT2D eigenvalue weighted by Gasteiger charge is -2.25. The van der Waals surface area contributed by atoms with Crippen molar-refractivity contribution in [3.8, 4) is 0 Å². The van der Waals surface area contributed by atoms with Gasteiger partial charge in [-0.15, -0.1) is 0 Å². The van der Waals surface area contributed by atoms with Gasteiger partial charge in [0, 0.05) is 23.2 Å². The molecule has 0 unspecified atom stereocenters. The number of carbonyl (C=O) groups excluding carboxylic acids is 1. The fraction of sp³-hybridized carbons (Fsp3) is 0.158. The summed E-state index contributed by atoms with van der Waals surface area (Å²) in [4.78, 5) is 26.4. The number of amides is 1. The fourth-order valence-corrected chi connectivity index (χ4v) is 3.17. The molecule has 4 nitrogen and oxygen atoms in total. The molecule has 1 aromatic heterocycles. The van der Waals surface area contributed by atoms with Crippen molar-refractivity contribution in [1.82, 2.24) is 4.90 Å². The average molecular weight is 376 g/mol. The summed E-state index contributed by atoms with van der Waals surface area (Å²) in [5, 5.41) is 1.44. The van der Waals surface area contributed by atoms with Crippen LogP contribution in [-0.4, -0.2) is 17.9 Å². The number of nitrogens with zero attached hydrogens (tertiary/aromatic N) is 1. The van der Waals surface area contributed by atoms with Gasteiger partial charge < -0.3 is 9.32 Å². The molecular formula is C19H15Cl2NO3. The number of rotatable bonds is 3. The van der Waals surface area contributed by atoms with E-state index in [1.165, 1.54) is 11.0 Å². The summed E-state index contributed by atoms with van der Waals surface area (Å²) in [6, 6.07) is 12.8. The van der Waals surface area contributed by atoms with E-state index in [-0.39, 0.29) is 17.2 Å². The van der Waals surface area contributed by atoms with E-state index >= 15 is 0 Å². The third kappa shape index (κ3) is 3.41. The molecule has 6 heteroatoms. The van der Waals surface area contributed by atoms with Gasteiger partial charge in [-0.2, -0.15) is 0 Å². The van der Waals surface area contributed by atoms with Gasteiger partial charge in [0.2, 0.25) is 0 Å². The molecule has 0 bridgehead atoms. The molecule has 25 heavy (non-hydrogen) atoms. The molecule has 0 fully saturated rings. The summed E-state index contributed by atoms with van der Waals surface area (Å²) in [6.07, 6.45) is 0. The zero-order chi connectivity index (χ0) is 18.1. The first-order valence-corrected chi connectivity index (χ1v) is 8.39. The average Bonchev–Trinajstić information content (AvgIpc) is 2.60. The van der Waals surface area contributed by atoms with Crippen molar-refractivity contribution >= 4 is 40.1 Å². The fourth-order valence-electron chi connectivity index (χ4n) is 2.61. The largest absolute Gasteiger partial charge is 0.451 e. The van der Waals surface area contributed by atoms with E-state index in [0.29, 0.717) is 21.0 Å². The molecule has 0 saturated carbocycles. The van der Waals surface area contributed by atoms with Crippen LogP contribution in [0.2, 0.25) is 10.0 Å². The van der Waals surface area contributed by atoms with Crippen molar-refractivity contribution in [3.05, 3.63) is 80.1 Å². The topological polar surface area (TPSA) is 50.5 Å². The second-order valence-corrected chi connectivity index (χ2v) is 6.57. The summed E-state index contributed by atoms with van der Waals surface area (Å²) in [6.45, 7) is 1.84. The van der Waals surface area contributed by atoms with Crippen LogP contribution in [0.5, 0.6) is 0 Å². The van der Waals surface area contributed by atoms with Gasteiger partial charge >= 0.3 is 0 Å². The maximum atomic E-state index is 12.8. The van der Waals surface area contributed by atoms with Gasteiger partial charge in [-0.3, -0.25) is 9.59 Å². The predicted octanol–water partition coefficient (Wildman–Crippen LogP) is 4.93. The Hall–Kier alpha value is -2.30. The van der Waals surface area contributed by atoms with Crippen LogP contribution in [0.3, 0.4) is 0 Å². The number of hydrogen-bond donors (Lipinski definition) is 0. The molecule has 2 aromatic carbocycles. The SMILES string of the molecule is C[C@@H](c1ccc(Cl)cc1Cl)N(C)C(=O)c1cc(=O)c2ccccc2o1. The summed E-state index contributed by atoms with van der Waals surface area (Å²) in [7, 11) is 1.63. The minimum Gasteiger partial charge on any atom is -0.451 e. The molecule has 0 aliphatic rings. The molecular weight excluding hydrogens is 361 g/mol. The molecule has 3 aromatic rings. The van der Waals surface area contributed by atoms with Crippen LogP contribution in [0, 0.1) is 0 Å². The van der Waals surface area contributed by atoms with E-state index < -0.39 is 5.91 Å². The minimum absolute atomic E-state index is 0.0110. The van der Waals surface area contributed by atoms with Crippen molar-refractivity contribution in [1.29, 1.82) is 0 Å². The maximum Gasteiger partial charge on any atom is 0.289 e. The van der Waals surface area contributed by atoms with E-state index in [9.17, 15) is 9.59 Å². The second-order valence-electron chi connectivity index (χ2n) is 5.73. The van der Waals surface area contributed by atoms with Gasteiger partial charge in [-0.25, -0.2) is 0 Å². The van der Waals surface area contributed by atoms with E-state index in [0.717, 1.165) is 5.56 Å². The zero-order valence-corrected chi connectivity index (χ0v) is 15.1. The van der Waals surface area contributed by atoms with Crippen molar-refractivity contribution < 1.29 is 9.21 Å². The Morgan fingerprint density at radius 3 is 2.56 bits per heavy atom. The highest BCUT2D eigenvalue weighted by atomic mass is 35.5. The first-order chi connectivity index (χ1) is 11.9. The van der Waals surface area contributed by atoms with Gasteiger partial charge in [-0.1, -0.05) is 41.4 Å². The lowest BCUT2D eigenvalue weighted by atomic mass is 10.1. The Kier molecular flexibility index (Phi) is 4.84. The first kappa shape index (κ1) is 17.5. The van der Waals surface area contributed by atoms with Gasteiger partial charge in [0.05, 0.1) is 11.4 Å². The molecule has 3 rings (SSSR count). The Bertz CT molecular complexity index is 1010. The van der Waals surface area contributed by atoms with Crippen LogP contribution in [0.15, 0.2) is 57.7 Å². The van der Waals surface area contributed by atoms with Gasteiger partial charge in [0.1, 0.15) is 5.58 Å². The Morgan fingerprint density at radius 1 is 1.12 bits per heavy atom. The van der Waals surface area contributed by atoms with E-state index in [2.05, 4.69) is 0 Å². The lowest BCUT2D eigenvalue weighted by Crippen LogP contribution is -2.30. The molecule has 0 radical (unpaired) electrons. The molecule has 0 aliphatic heterocycles. The van der Waals surface area contributed by atoms with E-state index in [1.54, 1.807) is 49.5 Å². The quantitative estimate of drug-likeness (QED) is 0.651. The molecule has 0 saturated heterocycles. The zero-order valence-electron chi connectivity index (χ0n) is 13.6. The summed E-state index contributed by atoms with van der Waals surface area (Å²) in [5.74, 6) is -0.412. The van der Waals surface area contributed by atoms with E-state index in [1.807, 2.05) is 6.92 Å². The van der Waals surface area contributed by atoms with E-state index in [4.69, 9.17) is 27.6 Å². The van der Waals surface area contributed by atoms with Crippen LogP contribution >= 0.6 is 23.2 Å². The number of carbonyl (C=O) groups is 1. The Morgan fingerprint density at radius 2 is 1.84 bits per heavy atom. The third-order valence-electron chi connectivity index (χ3n) is 4.16. The third-order valence-corrected chi connectivity index (χ3v) is 4.72. The Labute approximate surface area is 154 Å². The van der Waals surface area contributed by atoms with Crippen LogP contribution in [0.25, 0.3) is 11.0 Å². The predicted molar refractivity (Wildman–Crippen MR) is 99.5 cm³/mol. The lowest BCUT2D eigenvalue weighted by molar-refractivity contribution is 0.0711. The van der Waals surface area contributed by atoms with Crippen LogP contribution in [-0.2, 0) is 0 Å². The van der Waals surface area contributed by atoms with Crippen LogP contribution in [0.1, 0.15) is 29.1 Å². The molecule has 0 N–H and O–H groups in total. The number of para-hydroxylation sites is 1. The van der Waals surface area contributed by atoms with Crippen molar-refractivity contribution in [2.45, 2.75) is 13.0 Å². The number of hydrogen-bond acceptors (Lipinski definition) is 3. The van der Waals surface area contributed by atoms with Gasteiger partial charge in [-0.05, 0) is 36.8 Å². The van der Waals surface area contributed by atoms with Crippen LogP contribution < -0.4 is 5.43 Å². The summed E-state index contributed by atoms with van der Waals surface area (Å²) in [5.41, 5.74) is 0.879. The Balaban J connectivity index is 1.96.